The van der Waals surface area contributed by atoms with Gasteiger partial charge in [0, 0.05) is 6.54 Å². The SMILES string of the molecule is CCCN1C(=O)/C(=C/c2ccc(C)c(OC)c2)SC1=S. The predicted molar refractivity (Wildman–Crippen MR) is 87.9 cm³/mol. The van der Waals surface area contributed by atoms with E-state index in [1.165, 1.54) is 11.8 Å². The maximum atomic E-state index is 12.2. The summed E-state index contributed by atoms with van der Waals surface area (Å²) in [5.41, 5.74) is 2.02. The van der Waals surface area contributed by atoms with Crippen LogP contribution in [0, 0.1) is 6.92 Å². The first kappa shape index (κ1) is 15.1. The van der Waals surface area contributed by atoms with Gasteiger partial charge in [-0.25, -0.2) is 0 Å². The largest absolute Gasteiger partial charge is 0.496 e. The molecule has 2 rings (SSSR count). The molecule has 1 amide bonds. The number of nitrogens with zero attached hydrogens (tertiary/aromatic N) is 1. The van der Waals surface area contributed by atoms with Crippen molar-refractivity contribution in [1.82, 2.24) is 4.90 Å². The molecule has 1 saturated heterocycles. The molecule has 0 unspecified atom stereocenters. The summed E-state index contributed by atoms with van der Waals surface area (Å²) in [5, 5.41) is 0. The molecular weight excluding hydrogens is 290 g/mol. The van der Waals surface area contributed by atoms with E-state index in [2.05, 4.69) is 0 Å². The fourth-order valence-corrected chi connectivity index (χ4v) is 3.30. The lowest BCUT2D eigenvalue weighted by Crippen LogP contribution is -2.28. The summed E-state index contributed by atoms with van der Waals surface area (Å²) in [4.78, 5) is 14.6. The molecule has 0 N–H and O–H groups in total. The van der Waals surface area contributed by atoms with Gasteiger partial charge in [-0.15, -0.1) is 0 Å². The molecule has 0 aliphatic carbocycles. The molecule has 1 aliphatic heterocycles. The normalized spacial score (nSPS) is 17.1. The Morgan fingerprint density at radius 2 is 2.20 bits per heavy atom. The molecule has 0 spiro atoms. The minimum atomic E-state index is 0.00129. The zero-order valence-electron chi connectivity index (χ0n) is 11.8. The first-order chi connectivity index (χ1) is 9.56. The predicted octanol–water partition coefficient (Wildman–Crippen LogP) is 3.61. The number of ether oxygens (including phenoxy) is 1. The highest BCUT2D eigenvalue weighted by Gasteiger charge is 2.31. The maximum absolute atomic E-state index is 12.2. The van der Waals surface area contributed by atoms with Crippen molar-refractivity contribution in [3.05, 3.63) is 34.2 Å². The van der Waals surface area contributed by atoms with Gasteiger partial charge in [0.1, 0.15) is 10.1 Å². The van der Waals surface area contributed by atoms with Gasteiger partial charge in [0.25, 0.3) is 5.91 Å². The molecule has 1 heterocycles. The quantitative estimate of drug-likeness (QED) is 0.628. The lowest BCUT2D eigenvalue weighted by atomic mass is 10.1. The van der Waals surface area contributed by atoms with Crippen LogP contribution < -0.4 is 4.74 Å². The fourth-order valence-electron chi connectivity index (χ4n) is 1.99. The van der Waals surface area contributed by atoms with Crippen LogP contribution >= 0.6 is 24.0 Å². The van der Waals surface area contributed by atoms with Crippen molar-refractivity contribution in [3.8, 4) is 5.75 Å². The van der Waals surface area contributed by atoms with E-state index in [-0.39, 0.29) is 5.91 Å². The molecule has 20 heavy (non-hydrogen) atoms. The topological polar surface area (TPSA) is 29.5 Å². The Bertz CT molecular complexity index is 581. The van der Waals surface area contributed by atoms with E-state index in [9.17, 15) is 4.79 Å². The molecule has 0 atom stereocenters. The second kappa shape index (κ2) is 6.41. The summed E-state index contributed by atoms with van der Waals surface area (Å²) in [6.45, 7) is 4.70. The minimum absolute atomic E-state index is 0.00129. The Kier molecular flexibility index (Phi) is 4.83. The van der Waals surface area contributed by atoms with E-state index in [1.54, 1.807) is 12.0 Å². The Morgan fingerprint density at radius 3 is 2.85 bits per heavy atom. The highest BCUT2D eigenvalue weighted by Crippen LogP contribution is 2.33. The molecule has 3 nitrogen and oxygen atoms in total. The number of carbonyl (C=O) groups excluding carboxylic acids is 1. The second-order valence-corrected chi connectivity index (χ2v) is 6.24. The number of carbonyl (C=O) groups is 1. The highest BCUT2D eigenvalue weighted by molar-refractivity contribution is 8.26. The average Bonchev–Trinajstić information content (AvgIpc) is 2.69. The standard InChI is InChI=1S/C15H17NO2S2/c1-4-7-16-14(17)13(20-15(16)19)9-11-6-5-10(2)12(8-11)18-3/h5-6,8-9H,4,7H2,1-3H3/b13-9-. The van der Waals surface area contributed by atoms with Crippen LogP contribution in [0.25, 0.3) is 6.08 Å². The molecule has 1 fully saturated rings. The summed E-state index contributed by atoms with van der Waals surface area (Å²) >= 11 is 6.61. The van der Waals surface area contributed by atoms with E-state index in [0.29, 0.717) is 15.8 Å². The van der Waals surface area contributed by atoms with Crippen LogP contribution in [0.2, 0.25) is 0 Å². The smallest absolute Gasteiger partial charge is 0.266 e. The summed E-state index contributed by atoms with van der Waals surface area (Å²) in [6.07, 6.45) is 2.77. The van der Waals surface area contributed by atoms with Gasteiger partial charge in [-0.3, -0.25) is 9.69 Å². The van der Waals surface area contributed by atoms with Crippen molar-refractivity contribution >= 4 is 40.3 Å². The lowest BCUT2D eigenvalue weighted by Gasteiger charge is -2.12. The van der Waals surface area contributed by atoms with Crippen LogP contribution in [0.1, 0.15) is 24.5 Å². The van der Waals surface area contributed by atoms with E-state index in [0.717, 1.165) is 23.3 Å². The molecule has 1 aromatic rings. The number of thioether (sulfide) groups is 1. The summed E-state index contributed by atoms with van der Waals surface area (Å²) in [5.74, 6) is 0.823. The number of aryl methyl sites for hydroxylation is 1. The van der Waals surface area contributed by atoms with Gasteiger partial charge < -0.3 is 4.74 Å². The van der Waals surface area contributed by atoms with Gasteiger partial charge in [-0.05, 0) is 36.6 Å². The third kappa shape index (κ3) is 3.04. The van der Waals surface area contributed by atoms with Crippen molar-refractivity contribution in [2.45, 2.75) is 20.3 Å². The van der Waals surface area contributed by atoms with Crippen LogP contribution in [0.3, 0.4) is 0 Å². The number of methoxy groups -OCH3 is 1. The van der Waals surface area contributed by atoms with Gasteiger partial charge in [0.2, 0.25) is 0 Å². The van der Waals surface area contributed by atoms with Crippen LogP contribution in [0.5, 0.6) is 5.75 Å². The van der Waals surface area contributed by atoms with Gasteiger partial charge in [0.15, 0.2) is 0 Å². The summed E-state index contributed by atoms with van der Waals surface area (Å²) < 4.78 is 5.94. The molecule has 5 heteroatoms. The van der Waals surface area contributed by atoms with Crippen molar-refractivity contribution in [2.75, 3.05) is 13.7 Å². The van der Waals surface area contributed by atoms with Crippen molar-refractivity contribution in [1.29, 1.82) is 0 Å². The van der Waals surface area contributed by atoms with Crippen molar-refractivity contribution in [3.63, 3.8) is 0 Å². The van der Waals surface area contributed by atoms with Gasteiger partial charge >= 0.3 is 0 Å². The number of benzene rings is 1. The number of hydrogen-bond acceptors (Lipinski definition) is 4. The number of hydrogen-bond donors (Lipinski definition) is 0. The minimum Gasteiger partial charge on any atom is -0.496 e. The lowest BCUT2D eigenvalue weighted by molar-refractivity contribution is -0.122. The Morgan fingerprint density at radius 1 is 1.45 bits per heavy atom. The third-order valence-electron chi connectivity index (χ3n) is 3.05. The molecule has 0 bridgehead atoms. The van der Waals surface area contributed by atoms with Gasteiger partial charge in [0.05, 0.1) is 12.0 Å². The summed E-state index contributed by atoms with van der Waals surface area (Å²) in [7, 11) is 1.65. The van der Waals surface area contributed by atoms with E-state index in [1.807, 2.05) is 38.1 Å². The molecule has 106 valence electrons. The second-order valence-electron chi connectivity index (χ2n) is 4.56. The number of rotatable bonds is 4. The average molecular weight is 307 g/mol. The molecule has 0 aromatic heterocycles. The summed E-state index contributed by atoms with van der Waals surface area (Å²) in [6, 6.07) is 5.89. The van der Waals surface area contributed by atoms with E-state index < -0.39 is 0 Å². The Balaban J connectivity index is 2.28. The first-order valence-corrected chi connectivity index (χ1v) is 7.69. The van der Waals surface area contributed by atoms with Crippen LogP contribution in [-0.2, 0) is 4.79 Å². The number of amides is 1. The Labute approximate surface area is 129 Å². The Hall–Kier alpha value is -1.33. The van der Waals surface area contributed by atoms with E-state index in [4.69, 9.17) is 17.0 Å². The van der Waals surface area contributed by atoms with Crippen molar-refractivity contribution < 1.29 is 9.53 Å². The molecule has 1 aliphatic rings. The van der Waals surface area contributed by atoms with Crippen LogP contribution in [-0.4, -0.2) is 28.8 Å². The zero-order valence-corrected chi connectivity index (χ0v) is 13.4. The molecule has 0 saturated carbocycles. The monoisotopic (exact) mass is 307 g/mol. The molecule has 0 radical (unpaired) electrons. The highest BCUT2D eigenvalue weighted by atomic mass is 32.2. The van der Waals surface area contributed by atoms with Crippen molar-refractivity contribution in [2.24, 2.45) is 0 Å². The zero-order chi connectivity index (χ0) is 14.7. The van der Waals surface area contributed by atoms with Gasteiger partial charge in [-0.2, -0.15) is 0 Å². The van der Waals surface area contributed by atoms with E-state index >= 15 is 0 Å². The maximum Gasteiger partial charge on any atom is 0.266 e. The third-order valence-corrected chi connectivity index (χ3v) is 4.43. The molecular formula is C15H17NO2S2. The number of thiocarbonyl (C=S) groups is 1. The van der Waals surface area contributed by atoms with Crippen LogP contribution in [0.4, 0.5) is 0 Å². The molecule has 1 aromatic carbocycles. The van der Waals surface area contributed by atoms with Gasteiger partial charge in [-0.1, -0.05) is 43.0 Å². The van der Waals surface area contributed by atoms with Crippen LogP contribution in [0.15, 0.2) is 23.1 Å². The fraction of sp³-hybridized carbons (Fsp3) is 0.333. The first-order valence-electron chi connectivity index (χ1n) is 6.46.